The van der Waals surface area contributed by atoms with E-state index in [1.807, 2.05) is 0 Å². The van der Waals surface area contributed by atoms with Crippen LogP contribution < -0.4 is 5.32 Å². The molecule has 0 aromatic rings. The molecule has 1 N–H and O–H groups in total. The standard InChI is InChI=1S/C13H29NO2S/c1-12(2)11-14-9-7-6-8-10-17(15,16)13(3,4)5/h12,14H,6-11H2,1-5H3. The molecule has 0 spiro atoms. The van der Waals surface area contributed by atoms with Gasteiger partial charge >= 0.3 is 0 Å². The quantitative estimate of drug-likeness (QED) is 0.685. The third-order valence-electron chi connectivity index (χ3n) is 2.75. The zero-order valence-corrected chi connectivity index (χ0v) is 12.9. The third-order valence-corrected chi connectivity index (χ3v) is 5.44. The van der Waals surface area contributed by atoms with Crippen LogP contribution in [0.3, 0.4) is 0 Å². The molecule has 0 heterocycles. The second-order valence-corrected chi connectivity index (χ2v) is 8.95. The Morgan fingerprint density at radius 3 is 2.12 bits per heavy atom. The molecule has 3 nitrogen and oxygen atoms in total. The molecule has 0 aliphatic rings. The monoisotopic (exact) mass is 263 g/mol. The summed E-state index contributed by atoms with van der Waals surface area (Å²) in [7, 11) is -2.92. The Morgan fingerprint density at radius 1 is 1.06 bits per heavy atom. The Morgan fingerprint density at radius 2 is 1.65 bits per heavy atom. The third kappa shape index (κ3) is 7.77. The number of nitrogens with one attached hydrogen (secondary N) is 1. The van der Waals surface area contributed by atoms with E-state index in [0.717, 1.165) is 32.4 Å². The average Bonchev–Trinajstić information content (AvgIpc) is 2.13. The fraction of sp³-hybridized carbons (Fsp3) is 1.00. The first-order valence-electron chi connectivity index (χ1n) is 6.60. The lowest BCUT2D eigenvalue weighted by Gasteiger charge is -2.18. The van der Waals surface area contributed by atoms with Gasteiger partial charge in [-0.3, -0.25) is 0 Å². The molecule has 0 saturated carbocycles. The van der Waals surface area contributed by atoms with Crippen LogP contribution in [0.25, 0.3) is 0 Å². The van der Waals surface area contributed by atoms with Crippen molar-refractivity contribution in [3.8, 4) is 0 Å². The topological polar surface area (TPSA) is 46.2 Å². The molecule has 0 amide bonds. The van der Waals surface area contributed by atoms with E-state index >= 15 is 0 Å². The van der Waals surface area contributed by atoms with Crippen LogP contribution in [0.5, 0.6) is 0 Å². The van der Waals surface area contributed by atoms with Gasteiger partial charge in [0.25, 0.3) is 0 Å². The van der Waals surface area contributed by atoms with Crippen LogP contribution in [0, 0.1) is 5.92 Å². The van der Waals surface area contributed by atoms with Crippen molar-refractivity contribution >= 4 is 9.84 Å². The summed E-state index contributed by atoms with van der Waals surface area (Å²) in [5, 5.41) is 3.36. The zero-order chi connectivity index (χ0) is 13.5. The summed E-state index contributed by atoms with van der Waals surface area (Å²) in [5.41, 5.74) is 0. The summed E-state index contributed by atoms with van der Waals surface area (Å²) in [6.45, 7) is 11.7. The first-order valence-corrected chi connectivity index (χ1v) is 8.25. The van der Waals surface area contributed by atoms with Gasteiger partial charge in [-0.1, -0.05) is 20.3 Å². The summed E-state index contributed by atoms with van der Waals surface area (Å²) in [6.07, 6.45) is 2.83. The van der Waals surface area contributed by atoms with Crippen LogP contribution in [0.15, 0.2) is 0 Å². The van der Waals surface area contributed by atoms with Crippen LogP contribution >= 0.6 is 0 Å². The normalized spacial score (nSPS) is 13.3. The molecule has 0 aliphatic heterocycles. The predicted octanol–water partition coefficient (Wildman–Crippen LogP) is 2.62. The molecule has 0 bridgehead atoms. The van der Waals surface area contributed by atoms with Crippen LogP contribution in [-0.4, -0.2) is 32.0 Å². The van der Waals surface area contributed by atoms with Gasteiger partial charge in [0.15, 0.2) is 9.84 Å². The van der Waals surface area contributed by atoms with Gasteiger partial charge in [-0.15, -0.1) is 0 Å². The van der Waals surface area contributed by atoms with E-state index < -0.39 is 14.6 Å². The van der Waals surface area contributed by atoms with Crippen molar-refractivity contribution in [1.82, 2.24) is 5.32 Å². The van der Waals surface area contributed by atoms with Crippen LogP contribution in [0.2, 0.25) is 0 Å². The second-order valence-electron chi connectivity index (χ2n) is 6.09. The lowest BCUT2D eigenvalue weighted by Crippen LogP contribution is -2.30. The van der Waals surface area contributed by atoms with Gasteiger partial charge in [-0.25, -0.2) is 8.42 Å². The summed E-state index contributed by atoms with van der Waals surface area (Å²) in [4.78, 5) is 0. The maximum Gasteiger partial charge on any atom is 0.155 e. The Hall–Kier alpha value is -0.0900. The number of sulfone groups is 1. The van der Waals surface area contributed by atoms with Crippen molar-refractivity contribution in [3.63, 3.8) is 0 Å². The van der Waals surface area contributed by atoms with Crippen LogP contribution in [0.4, 0.5) is 0 Å². The highest BCUT2D eigenvalue weighted by molar-refractivity contribution is 7.92. The number of hydrogen-bond acceptors (Lipinski definition) is 3. The second kappa shape index (κ2) is 7.37. The fourth-order valence-electron chi connectivity index (χ4n) is 1.42. The van der Waals surface area contributed by atoms with Crippen LogP contribution in [-0.2, 0) is 9.84 Å². The lowest BCUT2D eigenvalue weighted by atomic mass is 10.2. The number of rotatable bonds is 8. The fourth-order valence-corrected chi connectivity index (χ4v) is 2.61. The van der Waals surface area contributed by atoms with Gasteiger partial charge in [0.1, 0.15) is 0 Å². The van der Waals surface area contributed by atoms with Gasteiger partial charge in [0, 0.05) is 0 Å². The first kappa shape index (κ1) is 16.9. The Bertz CT molecular complexity index is 289. The molecule has 0 aliphatic carbocycles. The lowest BCUT2D eigenvalue weighted by molar-refractivity contribution is 0.529. The van der Waals surface area contributed by atoms with E-state index in [1.165, 1.54) is 0 Å². The van der Waals surface area contributed by atoms with Crippen molar-refractivity contribution in [1.29, 1.82) is 0 Å². The van der Waals surface area contributed by atoms with E-state index in [0.29, 0.717) is 11.7 Å². The van der Waals surface area contributed by atoms with Gasteiger partial charge in [-0.05, 0) is 52.6 Å². The van der Waals surface area contributed by atoms with E-state index in [9.17, 15) is 8.42 Å². The minimum absolute atomic E-state index is 0.320. The Balaban J connectivity index is 3.60. The minimum atomic E-state index is -2.92. The molecular formula is C13H29NO2S. The maximum atomic E-state index is 11.8. The van der Waals surface area contributed by atoms with E-state index in [-0.39, 0.29) is 0 Å². The molecule has 0 unspecified atom stereocenters. The number of unbranched alkanes of at least 4 members (excludes halogenated alkanes) is 2. The van der Waals surface area contributed by atoms with E-state index in [4.69, 9.17) is 0 Å². The molecule has 17 heavy (non-hydrogen) atoms. The highest BCUT2D eigenvalue weighted by atomic mass is 32.2. The summed E-state index contributed by atoms with van der Waals surface area (Å²) >= 11 is 0. The zero-order valence-electron chi connectivity index (χ0n) is 12.0. The largest absolute Gasteiger partial charge is 0.316 e. The Kier molecular flexibility index (Phi) is 7.33. The molecule has 104 valence electrons. The molecule has 0 atom stereocenters. The van der Waals surface area contributed by atoms with Gasteiger partial charge in [-0.2, -0.15) is 0 Å². The predicted molar refractivity (Wildman–Crippen MR) is 75.1 cm³/mol. The molecule has 0 radical (unpaired) electrons. The molecule has 0 aromatic heterocycles. The summed E-state index contributed by atoms with van der Waals surface area (Å²) in [5.74, 6) is 0.997. The molecule has 4 heteroatoms. The SMILES string of the molecule is CC(C)CNCCCCCS(=O)(=O)C(C)(C)C. The molecule has 0 aromatic carbocycles. The highest BCUT2D eigenvalue weighted by Gasteiger charge is 2.27. The Labute approximate surface area is 107 Å². The smallest absolute Gasteiger partial charge is 0.155 e. The highest BCUT2D eigenvalue weighted by Crippen LogP contribution is 2.17. The van der Waals surface area contributed by atoms with E-state index in [2.05, 4.69) is 19.2 Å². The minimum Gasteiger partial charge on any atom is -0.316 e. The van der Waals surface area contributed by atoms with Gasteiger partial charge in [0.05, 0.1) is 10.5 Å². The van der Waals surface area contributed by atoms with Crippen LogP contribution in [0.1, 0.15) is 53.9 Å². The molecule has 0 fully saturated rings. The van der Waals surface area contributed by atoms with E-state index in [1.54, 1.807) is 20.8 Å². The van der Waals surface area contributed by atoms with Crippen molar-refractivity contribution in [2.24, 2.45) is 5.92 Å². The van der Waals surface area contributed by atoms with Crippen molar-refractivity contribution in [2.75, 3.05) is 18.8 Å². The van der Waals surface area contributed by atoms with Crippen molar-refractivity contribution in [3.05, 3.63) is 0 Å². The average molecular weight is 263 g/mol. The van der Waals surface area contributed by atoms with Crippen molar-refractivity contribution in [2.45, 2.75) is 58.6 Å². The van der Waals surface area contributed by atoms with Crippen molar-refractivity contribution < 1.29 is 8.42 Å². The number of hydrogen-bond donors (Lipinski definition) is 1. The molecule has 0 saturated heterocycles. The molecular weight excluding hydrogens is 234 g/mol. The summed E-state index contributed by atoms with van der Waals surface area (Å²) < 4.78 is 23.0. The molecule has 0 rings (SSSR count). The maximum absolute atomic E-state index is 11.8. The summed E-state index contributed by atoms with van der Waals surface area (Å²) in [6, 6.07) is 0. The van der Waals surface area contributed by atoms with Gasteiger partial charge in [0.2, 0.25) is 0 Å². The van der Waals surface area contributed by atoms with Gasteiger partial charge < -0.3 is 5.32 Å². The first-order chi connectivity index (χ1) is 7.67.